The number of benzene rings is 1. The van der Waals surface area contributed by atoms with E-state index in [-0.39, 0.29) is 22.2 Å². The summed E-state index contributed by atoms with van der Waals surface area (Å²) < 4.78 is 13.1. The molecule has 0 atom stereocenters. The van der Waals surface area contributed by atoms with Crippen molar-refractivity contribution >= 4 is 56.5 Å². The number of nitrogens with one attached hydrogen (secondary N) is 2. The van der Waals surface area contributed by atoms with Gasteiger partial charge in [-0.05, 0) is 37.6 Å². The molecule has 3 rings (SSSR count). The molecule has 2 aromatic heterocycles. The molecule has 3 aromatic rings. The van der Waals surface area contributed by atoms with Gasteiger partial charge in [0.2, 0.25) is 5.91 Å². The molecule has 0 aliphatic carbocycles. The van der Waals surface area contributed by atoms with Gasteiger partial charge in [-0.1, -0.05) is 11.6 Å². The zero-order chi connectivity index (χ0) is 18.8. The lowest BCUT2D eigenvalue weighted by atomic mass is 10.2. The Morgan fingerprint density at radius 3 is 2.92 bits per heavy atom. The Kier molecular flexibility index (Phi) is 5.64. The first kappa shape index (κ1) is 18.9. The predicted molar refractivity (Wildman–Crippen MR) is 106 cm³/mol. The Balaban J connectivity index is 1.60. The van der Waals surface area contributed by atoms with Crippen molar-refractivity contribution in [3.63, 3.8) is 0 Å². The summed E-state index contributed by atoms with van der Waals surface area (Å²) in [6.07, 6.45) is 0. The first-order chi connectivity index (χ1) is 12.3. The highest BCUT2D eigenvalue weighted by Gasteiger charge is 2.12. The highest BCUT2D eigenvalue weighted by molar-refractivity contribution is 7.99. The second-order valence-corrected chi connectivity index (χ2v) is 8.24. The Hall–Kier alpha value is -1.90. The van der Waals surface area contributed by atoms with Crippen molar-refractivity contribution in [3.8, 4) is 0 Å². The summed E-state index contributed by atoms with van der Waals surface area (Å²) in [5, 5.41) is 3.23. The summed E-state index contributed by atoms with van der Waals surface area (Å²) in [7, 11) is 0. The summed E-state index contributed by atoms with van der Waals surface area (Å²) in [4.78, 5) is 33.2. The average molecular weight is 412 g/mol. The maximum atomic E-state index is 13.1. The zero-order valence-electron chi connectivity index (χ0n) is 14.0. The van der Waals surface area contributed by atoms with Gasteiger partial charge in [0.05, 0.1) is 21.9 Å². The molecule has 2 heterocycles. The van der Waals surface area contributed by atoms with Crippen LogP contribution >= 0.6 is 34.7 Å². The van der Waals surface area contributed by atoms with Gasteiger partial charge in [-0.2, -0.15) is 0 Å². The van der Waals surface area contributed by atoms with Crippen molar-refractivity contribution in [2.75, 3.05) is 11.1 Å². The Morgan fingerprint density at radius 2 is 2.19 bits per heavy atom. The minimum atomic E-state index is -0.538. The number of thioether (sulfide) groups is 1. The number of carbonyl (C=O) groups excluding carboxylic acids is 1. The Bertz CT molecular complexity index is 1050. The minimum Gasteiger partial charge on any atom is -0.325 e. The number of H-pyrrole nitrogens is 1. The van der Waals surface area contributed by atoms with Gasteiger partial charge in [-0.15, -0.1) is 23.1 Å². The normalized spacial score (nSPS) is 11.1. The topological polar surface area (TPSA) is 74.8 Å². The lowest BCUT2D eigenvalue weighted by Gasteiger charge is -2.06. The van der Waals surface area contributed by atoms with Crippen LogP contribution in [0.4, 0.5) is 10.1 Å². The van der Waals surface area contributed by atoms with Crippen molar-refractivity contribution in [1.29, 1.82) is 0 Å². The molecule has 2 N–H and O–H groups in total. The van der Waals surface area contributed by atoms with Crippen LogP contribution in [0.25, 0.3) is 10.2 Å². The van der Waals surface area contributed by atoms with E-state index in [1.165, 1.54) is 41.3 Å². The molecule has 0 fully saturated rings. The van der Waals surface area contributed by atoms with Crippen molar-refractivity contribution < 1.29 is 9.18 Å². The second kappa shape index (κ2) is 7.77. The molecule has 1 aromatic carbocycles. The summed E-state index contributed by atoms with van der Waals surface area (Å²) in [6, 6.07) is 3.99. The lowest BCUT2D eigenvalue weighted by Crippen LogP contribution is -2.15. The molecule has 0 spiro atoms. The lowest BCUT2D eigenvalue weighted by molar-refractivity contribution is -0.113. The van der Waals surface area contributed by atoms with Crippen molar-refractivity contribution in [1.82, 2.24) is 9.97 Å². The van der Waals surface area contributed by atoms with Gasteiger partial charge < -0.3 is 10.3 Å². The standard InChI is InChI=1S/C17H15ClFN3O2S2/c1-8-9(2)26-17-15(8)16(24)21-13(22-17)6-25-7-14(23)20-10-3-4-12(19)11(18)5-10/h3-5H,6-7H2,1-2H3,(H,20,23)(H,21,22,24). The van der Waals surface area contributed by atoms with Crippen LogP contribution in [-0.2, 0) is 10.5 Å². The van der Waals surface area contributed by atoms with Crippen LogP contribution in [-0.4, -0.2) is 21.6 Å². The molecule has 0 saturated heterocycles. The number of halogens is 2. The molecule has 9 heteroatoms. The van der Waals surface area contributed by atoms with E-state index in [1.807, 2.05) is 13.8 Å². The molecule has 5 nitrogen and oxygen atoms in total. The first-order valence-electron chi connectivity index (χ1n) is 7.66. The number of nitrogens with zero attached hydrogens (tertiary/aromatic N) is 1. The number of fused-ring (bicyclic) bond motifs is 1. The second-order valence-electron chi connectivity index (χ2n) is 5.65. The van der Waals surface area contributed by atoms with Gasteiger partial charge in [0.1, 0.15) is 16.5 Å². The van der Waals surface area contributed by atoms with Crippen molar-refractivity contribution in [2.24, 2.45) is 0 Å². The van der Waals surface area contributed by atoms with Crippen LogP contribution in [0, 0.1) is 19.7 Å². The summed E-state index contributed by atoms with van der Waals surface area (Å²) >= 11 is 8.49. The third-order valence-electron chi connectivity index (χ3n) is 3.76. The van der Waals surface area contributed by atoms with Gasteiger partial charge >= 0.3 is 0 Å². The number of aromatic amines is 1. The Morgan fingerprint density at radius 1 is 1.42 bits per heavy atom. The number of carbonyl (C=O) groups is 1. The largest absolute Gasteiger partial charge is 0.325 e. The number of anilines is 1. The van der Waals surface area contributed by atoms with E-state index in [4.69, 9.17) is 11.6 Å². The monoisotopic (exact) mass is 411 g/mol. The van der Waals surface area contributed by atoms with E-state index in [0.29, 0.717) is 27.5 Å². The predicted octanol–water partition coefficient (Wildman–Crippen LogP) is 4.27. The smallest absolute Gasteiger partial charge is 0.259 e. The zero-order valence-corrected chi connectivity index (χ0v) is 16.4. The summed E-state index contributed by atoms with van der Waals surface area (Å²) in [6.45, 7) is 3.87. The molecular formula is C17H15ClFN3O2S2. The summed E-state index contributed by atoms with van der Waals surface area (Å²) in [5.74, 6) is 0.316. The first-order valence-corrected chi connectivity index (χ1v) is 10.0. The number of rotatable bonds is 5. The number of amides is 1. The molecule has 1 amide bonds. The maximum absolute atomic E-state index is 13.1. The molecule has 0 saturated carbocycles. The fourth-order valence-electron chi connectivity index (χ4n) is 2.38. The number of aryl methyl sites for hydroxylation is 2. The molecule has 0 aliphatic rings. The summed E-state index contributed by atoms with van der Waals surface area (Å²) in [5.41, 5.74) is 1.23. The van der Waals surface area contributed by atoms with E-state index in [1.54, 1.807) is 0 Å². The maximum Gasteiger partial charge on any atom is 0.259 e. The highest BCUT2D eigenvalue weighted by Crippen LogP contribution is 2.26. The van der Waals surface area contributed by atoms with E-state index in [0.717, 1.165) is 10.4 Å². The third kappa shape index (κ3) is 4.08. The van der Waals surface area contributed by atoms with Crippen LogP contribution in [0.1, 0.15) is 16.3 Å². The molecule has 0 aliphatic heterocycles. The van der Waals surface area contributed by atoms with E-state index < -0.39 is 5.82 Å². The van der Waals surface area contributed by atoms with Gasteiger partial charge in [0.15, 0.2) is 0 Å². The van der Waals surface area contributed by atoms with Gasteiger partial charge in [-0.25, -0.2) is 9.37 Å². The third-order valence-corrected chi connectivity index (χ3v) is 6.10. The number of thiophene rings is 1. The van der Waals surface area contributed by atoms with E-state index in [2.05, 4.69) is 15.3 Å². The fraction of sp³-hybridized carbons (Fsp3) is 0.235. The van der Waals surface area contributed by atoms with E-state index in [9.17, 15) is 14.0 Å². The van der Waals surface area contributed by atoms with Crippen LogP contribution in [0.2, 0.25) is 5.02 Å². The highest BCUT2D eigenvalue weighted by atomic mass is 35.5. The molecule has 136 valence electrons. The average Bonchev–Trinajstić information content (AvgIpc) is 2.86. The van der Waals surface area contributed by atoms with Crippen LogP contribution in [0.5, 0.6) is 0 Å². The van der Waals surface area contributed by atoms with E-state index >= 15 is 0 Å². The van der Waals surface area contributed by atoms with Crippen LogP contribution < -0.4 is 10.9 Å². The van der Waals surface area contributed by atoms with Gasteiger partial charge in [-0.3, -0.25) is 9.59 Å². The molecule has 0 unspecified atom stereocenters. The number of hydrogen-bond acceptors (Lipinski definition) is 5. The van der Waals surface area contributed by atoms with Crippen LogP contribution in [0.3, 0.4) is 0 Å². The Labute approximate surface area is 162 Å². The molecule has 26 heavy (non-hydrogen) atoms. The van der Waals surface area contributed by atoms with Crippen molar-refractivity contribution in [3.05, 3.63) is 55.7 Å². The van der Waals surface area contributed by atoms with Crippen LogP contribution in [0.15, 0.2) is 23.0 Å². The fourth-order valence-corrected chi connectivity index (χ4v) is 4.30. The quantitative estimate of drug-likeness (QED) is 0.657. The van der Waals surface area contributed by atoms with Gasteiger partial charge in [0.25, 0.3) is 5.56 Å². The minimum absolute atomic E-state index is 0.0490. The molecular weight excluding hydrogens is 397 g/mol. The van der Waals surface area contributed by atoms with Gasteiger partial charge in [0, 0.05) is 10.6 Å². The molecule has 0 radical (unpaired) electrons. The SMILES string of the molecule is Cc1sc2nc(CSCC(=O)Nc3ccc(F)c(Cl)c3)[nH]c(=O)c2c1C. The number of hydrogen-bond donors (Lipinski definition) is 2. The molecule has 0 bridgehead atoms. The van der Waals surface area contributed by atoms with Crippen molar-refractivity contribution in [2.45, 2.75) is 19.6 Å². The number of aromatic nitrogens is 2.